The van der Waals surface area contributed by atoms with Crippen LogP contribution in [0.25, 0.3) is 0 Å². The molecule has 8 heteroatoms. The summed E-state index contributed by atoms with van der Waals surface area (Å²) in [6, 6.07) is 18.5. The number of nitrogens with zero attached hydrogens (tertiary/aromatic N) is 1. The molecule has 1 aliphatic rings. The lowest BCUT2D eigenvalue weighted by atomic mass is 9.86. The van der Waals surface area contributed by atoms with Gasteiger partial charge in [-0.25, -0.2) is 4.98 Å². The molecule has 0 aliphatic heterocycles. The van der Waals surface area contributed by atoms with Crippen LogP contribution < -0.4 is 10.1 Å². The second-order valence-electron chi connectivity index (χ2n) is 9.50. The number of carbonyl (C=O) groups is 2. The summed E-state index contributed by atoms with van der Waals surface area (Å²) in [6.07, 6.45) is 6.17. The SMILES string of the molecule is O=C(CC(Cc1ccc(OCC2CCC(Nc3ccccn3)CC2)cc1)C(=O)O)c1c(Cl)cccc1Cl. The van der Waals surface area contributed by atoms with E-state index in [9.17, 15) is 14.7 Å². The van der Waals surface area contributed by atoms with E-state index in [4.69, 9.17) is 27.9 Å². The third-order valence-electron chi connectivity index (χ3n) is 6.78. The lowest BCUT2D eigenvalue weighted by molar-refractivity contribution is -0.141. The van der Waals surface area contributed by atoms with Gasteiger partial charge >= 0.3 is 5.97 Å². The van der Waals surface area contributed by atoms with E-state index >= 15 is 0 Å². The number of aliphatic carboxylic acids is 1. The number of aromatic nitrogens is 1. The van der Waals surface area contributed by atoms with Crippen LogP contribution in [0.2, 0.25) is 10.0 Å². The van der Waals surface area contributed by atoms with Crippen LogP contribution in [0.1, 0.15) is 48.0 Å². The Morgan fingerprint density at radius 3 is 2.30 bits per heavy atom. The van der Waals surface area contributed by atoms with E-state index < -0.39 is 11.9 Å². The Morgan fingerprint density at radius 1 is 0.973 bits per heavy atom. The van der Waals surface area contributed by atoms with Crippen molar-refractivity contribution in [2.45, 2.75) is 44.6 Å². The number of benzene rings is 2. The fraction of sp³-hybridized carbons (Fsp3) is 0.345. The van der Waals surface area contributed by atoms with Gasteiger partial charge in [0.25, 0.3) is 0 Å². The van der Waals surface area contributed by atoms with Crippen molar-refractivity contribution >= 4 is 40.8 Å². The summed E-state index contributed by atoms with van der Waals surface area (Å²) >= 11 is 12.2. The Morgan fingerprint density at radius 2 is 1.68 bits per heavy atom. The van der Waals surface area contributed by atoms with Crippen molar-refractivity contribution in [3.63, 3.8) is 0 Å². The largest absolute Gasteiger partial charge is 0.493 e. The van der Waals surface area contributed by atoms with Gasteiger partial charge in [0.05, 0.1) is 28.1 Å². The van der Waals surface area contributed by atoms with Crippen molar-refractivity contribution in [2.75, 3.05) is 11.9 Å². The van der Waals surface area contributed by atoms with E-state index in [1.165, 1.54) is 0 Å². The third kappa shape index (κ3) is 7.70. The van der Waals surface area contributed by atoms with Crippen LogP contribution in [0.4, 0.5) is 5.82 Å². The number of carboxylic acids is 1. The van der Waals surface area contributed by atoms with Crippen LogP contribution in [0.3, 0.4) is 0 Å². The summed E-state index contributed by atoms with van der Waals surface area (Å²) in [5.41, 5.74) is 0.987. The molecule has 1 unspecified atom stereocenters. The van der Waals surface area contributed by atoms with Crippen molar-refractivity contribution < 1.29 is 19.4 Å². The van der Waals surface area contributed by atoms with E-state index in [0.29, 0.717) is 18.6 Å². The molecule has 1 saturated carbocycles. The number of halogens is 2. The fourth-order valence-corrected chi connectivity index (χ4v) is 5.30. The molecule has 1 aliphatic carbocycles. The highest BCUT2D eigenvalue weighted by Crippen LogP contribution is 2.29. The molecule has 1 fully saturated rings. The monoisotopic (exact) mass is 540 g/mol. The maximum atomic E-state index is 12.7. The van der Waals surface area contributed by atoms with Crippen LogP contribution in [0, 0.1) is 11.8 Å². The molecule has 194 valence electrons. The highest BCUT2D eigenvalue weighted by molar-refractivity contribution is 6.39. The molecule has 0 radical (unpaired) electrons. The quantitative estimate of drug-likeness (QED) is 0.255. The van der Waals surface area contributed by atoms with E-state index in [1.807, 2.05) is 42.5 Å². The normalized spacial score (nSPS) is 18.1. The number of hydrogen-bond donors (Lipinski definition) is 2. The van der Waals surface area contributed by atoms with Crippen molar-refractivity contribution in [2.24, 2.45) is 11.8 Å². The minimum absolute atomic E-state index is 0.169. The zero-order valence-electron chi connectivity index (χ0n) is 20.4. The van der Waals surface area contributed by atoms with Crippen LogP contribution in [-0.4, -0.2) is 34.5 Å². The molecular formula is C29H30Cl2N2O4. The molecule has 2 N–H and O–H groups in total. The number of Topliss-reactive ketones (excluding diaryl/α,β-unsaturated/α-hetero) is 1. The zero-order valence-corrected chi connectivity index (χ0v) is 21.9. The van der Waals surface area contributed by atoms with Gasteiger partial charge in [0.1, 0.15) is 11.6 Å². The smallest absolute Gasteiger partial charge is 0.307 e. The molecule has 0 saturated heterocycles. The van der Waals surface area contributed by atoms with Gasteiger partial charge in [-0.3, -0.25) is 9.59 Å². The predicted molar refractivity (Wildman–Crippen MR) is 146 cm³/mol. The Hall–Kier alpha value is -3.09. The topological polar surface area (TPSA) is 88.5 Å². The first kappa shape index (κ1) is 27.0. The molecule has 1 heterocycles. The number of carbonyl (C=O) groups excluding carboxylic acids is 1. The van der Waals surface area contributed by atoms with E-state index in [1.54, 1.807) is 24.4 Å². The summed E-state index contributed by atoms with van der Waals surface area (Å²) in [5.74, 6) is -0.132. The summed E-state index contributed by atoms with van der Waals surface area (Å²) in [7, 11) is 0. The number of nitrogens with one attached hydrogen (secondary N) is 1. The minimum atomic E-state index is -1.04. The summed E-state index contributed by atoms with van der Waals surface area (Å²) in [4.78, 5) is 28.9. The number of hydrogen-bond acceptors (Lipinski definition) is 5. The van der Waals surface area contributed by atoms with Crippen molar-refractivity contribution in [1.82, 2.24) is 4.98 Å². The highest BCUT2D eigenvalue weighted by atomic mass is 35.5. The number of ether oxygens (including phenoxy) is 1. The predicted octanol–water partition coefficient (Wildman–Crippen LogP) is 6.95. The van der Waals surface area contributed by atoms with E-state index in [-0.39, 0.29) is 34.2 Å². The molecule has 2 aromatic carbocycles. The standard InChI is InChI=1S/C29H30Cl2N2O4/c30-24-4-3-5-25(31)28(24)26(34)17-21(29(35)36)16-19-9-13-23(14-10-19)37-18-20-7-11-22(12-8-20)33-27-6-1-2-15-32-27/h1-6,9-10,13-15,20-22H,7-8,11-12,16-18H2,(H,32,33)(H,35,36). The number of ketones is 1. The van der Waals surface area contributed by atoms with E-state index in [2.05, 4.69) is 10.3 Å². The Kier molecular flexibility index (Phi) is 9.42. The second-order valence-corrected chi connectivity index (χ2v) is 10.3. The fourth-order valence-electron chi connectivity index (χ4n) is 4.69. The van der Waals surface area contributed by atoms with Crippen LogP contribution in [-0.2, 0) is 11.2 Å². The first-order chi connectivity index (χ1) is 17.9. The molecule has 1 atom stereocenters. The van der Waals surface area contributed by atoms with Gasteiger partial charge in [0.2, 0.25) is 0 Å². The molecule has 4 rings (SSSR count). The first-order valence-corrected chi connectivity index (χ1v) is 13.2. The maximum Gasteiger partial charge on any atom is 0.307 e. The number of rotatable bonds is 11. The van der Waals surface area contributed by atoms with Crippen LogP contribution in [0.5, 0.6) is 5.75 Å². The Bertz CT molecular complexity index is 1180. The van der Waals surface area contributed by atoms with Crippen molar-refractivity contribution in [1.29, 1.82) is 0 Å². The molecule has 0 spiro atoms. The summed E-state index contributed by atoms with van der Waals surface area (Å²) in [6.45, 7) is 0.653. The van der Waals surface area contributed by atoms with Crippen LogP contribution in [0.15, 0.2) is 66.9 Å². The van der Waals surface area contributed by atoms with Crippen LogP contribution >= 0.6 is 23.2 Å². The van der Waals surface area contributed by atoms with Crippen molar-refractivity contribution in [3.05, 3.63) is 88.0 Å². The van der Waals surface area contributed by atoms with Gasteiger partial charge in [-0.05, 0) is 80.0 Å². The van der Waals surface area contributed by atoms with E-state index in [0.717, 1.165) is 42.8 Å². The summed E-state index contributed by atoms with van der Waals surface area (Å²) < 4.78 is 6.02. The molecule has 6 nitrogen and oxygen atoms in total. The minimum Gasteiger partial charge on any atom is -0.493 e. The third-order valence-corrected chi connectivity index (χ3v) is 7.41. The molecular weight excluding hydrogens is 511 g/mol. The maximum absolute atomic E-state index is 12.7. The summed E-state index contributed by atoms with van der Waals surface area (Å²) in [5, 5.41) is 13.7. The number of carboxylic acid groups (broad SMARTS) is 1. The lowest BCUT2D eigenvalue weighted by Crippen LogP contribution is -2.28. The Labute approximate surface area is 227 Å². The average Bonchev–Trinajstić information content (AvgIpc) is 2.89. The highest BCUT2D eigenvalue weighted by Gasteiger charge is 2.25. The Balaban J connectivity index is 1.25. The van der Waals surface area contributed by atoms with Gasteiger partial charge in [-0.1, -0.05) is 47.5 Å². The lowest BCUT2D eigenvalue weighted by Gasteiger charge is -2.29. The molecule has 37 heavy (non-hydrogen) atoms. The molecule has 3 aromatic rings. The second kappa shape index (κ2) is 12.9. The first-order valence-electron chi connectivity index (χ1n) is 12.5. The number of pyridine rings is 1. The van der Waals surface area contributed by atoms with Crippen molar-refractivity contribution in [3.8, 4) is 5.75 Å². The van der Waals surface area contributed by atoms with Gasteiger partial charge in [-0.15, -0.1) is 0 Å². The molecule has 0 bridgehead atoms. The number of anilines is 1. The average molecular weight is 541 g/mol. The van der Waals surface area contributed by atoms with Gasteiger partial charge in [0, 0.05) is 18.7 Å². The molecule has 1 aromatic heterocycles. The van der Waals surface area contributed by atoms with Gasteiger partial charge in [0.15, 0.2) is 5.78 Å². The zero-order chi connectivity index (χ0) is 26.2. The van der Waals surface area contributed by atoms with Gasteiger partial charge in [-0.2, -0.15) is 0 Å². The van der Waals surface area contributed by atoms with Gasteiger partial charge < -0.3 is 15.2 Å². The molecule has 0 amide bonds.